The fraction of sp³-hybridized carbons (Fsp3) is 0.500. The van der Waals surface area contributed by atoms with Gasteiger partial charge < -0.3 is 14.7 Å². The summed E-state index contributed by atoms with van der Waals surface area (Å²) >= 11 is 0. The van der Waals surface area contributed by atoms with Crippen LogP contribution in [0.1, 0.15) is 31.2 Å². The molecule has 3 atom stereocenters. The summed E-state index contributed by atoms with van der Waals surface area (Å²) in [4.78, 5) is 13.6. The minimum Gasteiger partial charge on any atom is -0.495 e. The third-order valence-electron chi connectivity index (χ3n) is 4.11. The SMILES string of the molecule is COc1cccc2c1N(C(C)=O)C1C(O)CCC21. The summed E-state index contributed by atoms with van der Waals surface area (Å²) in [5, 5.41) is 10.1. The monoisotopic (exact) mass is 247 g/mol. The van der Waals surface area contributed by atoms with E-state index in [-0.39, 0.29) is 17.9 Å². The zero-order chi connectivity index (χ0) is 12.9. The number of rotatable bonds is 1. The summed E-state index contributed by atoms with van der Waals surface area (Å²) in [6.45, 7) is 1.55. The van der Waals surface area contributed by atoms with Crippen molar-refractivity contribution in [1.82, 2.24) is 0 Å². The van der Waals surface area contributed by atoms with Crippen LogP contribution in [0.3, 0.4) is 0 Å². The number of ether oxygens (including phenoxy) is 1. The molecule has 0 spiro atoms. The topological polar surface area (TPSA) is 49.8 Å². The molecule has 1 N–H and O–H groups in total. The second-order valence-electron chi connectivity index (χ2n) is 5.03. The molecule has 0 saturated heterocycles. The average Bonchev–Trinajstić information content (AvgIpc) is 2.87. The Kier molecular flexibility index (Phi) is 2.55. The van der Waals surface area contributed by atoms with Crippen LogP contribution in [0.2, 0.25) is 0 Å². The van der Waals surface area contributed by atoms with Crippen molar-refractivity contribution in [2.24, 2.45) is 0 Å². The number of aliphatic hydroxyl groups is 1. The molecule has 18 heavy (non-hydrogen) atoms. The van der Waals surface area contributed by atoms with Gasteiger partial charge >= 0.3 is 0 Å². The summed E-state index contributed by atoms with van der Waals surface area (Å²) in [5.74, 6) is 0.924. The maximum Gasteiger partial charge on any atom is 0.224 e. The Morgan fingerprint density at radius 1 is 1.44 bits per heavy atom. The van der Waals surface area contributed by atoms with Gasteiger partial charge in [0.05, 0.1) is 24.9 Å². The van der Waals surface area contributed by atoms with Gasteiger partial charge in [0, 0.05) is 12.8 Å². The molecule has 4 nitrogen and oxygen atoms in total. The Balaban J connectivity index is 2.18. The maximum atomic E-state index is 11.9. The van der Waals surface area contributed by atoms with Crippen LogP contribution < -0.4 is 9.64 Å². The van der Waals surface area contributed by atoms with E-state index in [1.807, 2.05) is 18.2 Å². The highest BCUT2D eigenvalue weighted by Gasteiger charge is 2.49. The first-order valence-corrected chi connectivity index (χ1v) is 6.30. The van der Waals surface area contributed by atoms with Crippen LogP contribution in [0, 0.1) is 0 Å². The first-order chi connectivity index (χ1) is 8.65. The molecule has 4 heteroatoms. The van der Waals surface area contributed by atoms with Gasteiger partial charge in [-0.1, -0.05) is 12.1 Å². The van der Waals surface area contributed by atoms with Gasteiger partial charge in [0.2, 0.25) is 5.91 Å². The summed E-state index contributed by atoms with van der Waals surface area (Å²) in [6, 6.07) is 5.73. The molecule has 3 unspecified atom stereocenters. The zero-order valence-electron chi connectivity index (χ0n) is 10.6. The van der Waals surface area contributed by atoms with Gasteiger partial charge in [0.1, 0.15) is 5.75 Å². The highest BCUT2D eigenvalue weighted by Crippen LogP contribution is 2.52. The van der Waals surface area contributed by atoms with Crippen molar-refractivity contribution in [3.63, 3.8) is 0 Å². The molecule has 1 fully saturated rings. The molecule has 1 aliphatic heterocycles. The molecular formula is C14H17NO3. The van der Waals surface area contributed by atoms with E-state index in [4.69, 9.17) is 4.74 Å². The number of aliphatic hydroxyl groups excluding tert-OH is 1. The van der Waals surface area contributed by atoms with Crippen molar-refractivity contribution in [2.75, 3.05) is 12.0 Å². The number of hydrogen-bond acceptors (Lipinski definition) is 3. The zero-order valence-corrected chi connectivity index (χ0v) is 10.6. The van der Waals surface area contributed by atoms with Gasteiger partial charge in [0.25, 0.3) is 0 Å². The van der Waals surface area contributed by atoms with Crippen LogP contribution in [-0.4, -0.2) is 30.3 Å². The number of hydrogen-bond donors (Lipinski definition) is 1. The Bertz CT molecular complexity index is 500. The van der Waals surface area contributed by atoms with E-state index in [0.29, 0.717) is 5.75 Å². The summed E-state index contributed by atoms with van der Waals surface area (Å²) < 4.78 is 5.36. The first-order valence-electron chi connectivity index (χ1n) is 6.30. The summed E-state index contributed by atoms with van der Waals surface area (Å²) in [7, 11) is 1.61. The van der Waals surface area contributed by atoms with Gasteiger partial charge in [-0.25, -0.2) is 0 Å². The van der Waals surface area contributed by atoms with E-state index in [1.54, 1.807) is 18.9 Å². The normalized spacial score (nSPS) is 29.1. The molecule has 96 valence electrons. The average molecular weight is 247 g/mol. The number of para-hydroxylation sites is 1. The lowest BCUT2D eigenvalue weighted by atomic mass is 9.97. The van der Waals surface area contributed by atoms with Gasteiger partial charge in [0.15, 0.2) is 0 Å². The van der Waals surface area contributed by atoms with Crippen molar-refractivity contribution in [3.8, 4) is 5.75 Å². The van der Waals surface area contributed by atoms with Crippen LogP contribution in [0.4, 0.5) is 5.69 Å². The van der Waals surface area contributed by atoms with Gasteiger partial charge in [-0.2, -0.15) is 0 Å². The molecule has 1 aromatic carbocycles. The van der Waals surface area contributed by atoms with Crippen LogP contribution >= 0.6 is 0 Å². The quantitative estimate of drug-likeness (QED) is 0.821. The van der Waals surface area contributed by atoms with E-state index in [1.165, 1.54) is 0 Å². The van der Waals surface area contributed by atoms with E-state index < -0.39 is 6.10 Å². The Labute approximate surface area is 106 Å². The molecule has 3 rings (SSSR count). The van der Waals surface area contributed by atoms with Crippen molar-refractivity contribution < 1.29 is 14.6 Å². The van der Waals surface area contributed by atoms with E-state index in [0.717, 1.165) is 24.1 Å². The van der Waals surface area contributed by atoms with Crippen molar-refractivity contribution >= 4 is 11.6 Å². The van der Waals surface area contributed by atoms with E-state index in [2.05, 4.69) is 0 Å². The number of carbonyl (C=O) groups is 1. The fourth-order valence-corrected chi connectivity index (χ4v) is 3.43. The van der Waals surface area contributed by atoms with Gasteiger partial charge in [-0.05, 0) is 24.5 Å². The number of amides is 1. The minimum absolute atomic E-state index is 0.0331. The minimum atomic E-state index is -0.434. The largest absolute Gasteiger partial charge is 0.495 e. The second kappa shape index (κ2) is 3.99. The predicted octanol–water partition coefficient (Wildman–Crippen LogP) is 1.67. The Morgan fingerprint density at radius 2 is 2.22 bits per heavy atom. The number of carbonyl (C=O) groups excluding carboxylic acids is 1. The molecule has 0 radical (unpaired) electrons. The lowest BCUT2D eigenvalue weighted by Gasteiger charge is -2.27. The summed E-state index contributed by atoms with van der Waals surface area (Å²) in [6.07, 6.45) is 1.25. The highest BCUT2D eigenvalue weighted by atomic mass is 16.5. The highest BCUT2D eigenvalue weighted by molar-refractivity contribution is 5.97. The fourth-order valence-electron chi connectivity index (χ4n) is 3.43. The summed E-state index contributed by atoms with van der Waals surface area (Å²) in [5.41, 5.74) is 1.98. The molecule has 1 aromatic rings. The Morgan fingerprint density at radius 3 is 2.89 bits per heavy atom. The molecule has 0 aromatic heterocycles. The van der Waals surface area contributed by atoms with Crippen LogP contribution in [-0.2, 0) is 4.79 Å². The number of methoxy groups -OCH3 is 1. The van der Waals surface area contributed by atoms with Crippen molar-refractivity contribution in [3.05, 3.63) is 23.8 Å². The predicted molar refractivity (Wildman–Crippen MR) is 67.9 cm³/mol. The molecule has 1 aliphatic carbocycles. The number of fused-ring (bicyclic) bond motifs is 3. The third-order valence-corrected chi connectivity index (χ3v) is 4.11. The number of benzene rings is 1. The van der Waals surface area contributed by atoms with Crippen LogP contribution in [0.25, 0.3) is 0 Å². The third kappa shape index (κ3) is 1.38. The Hall–Kier alpha value is -1.55. The smallest absolute Gasteiger partial charge is 0.224 e. The van der Waals surface area contributed by atoms with Crippen molar-refractivity contribution in [1.29, 1.82) is 0 Å². The standard InChI is InChI=1S/C14H17NO3/c1-8(16)15-13-10(6-7-11(13)17)9-4-3-5-12(18-2)14(9)15/h3-5,10-11,13,17H,6-7H2,1-2H3. The molecule has 0 bridgehead atoms. The first kappa shape index (κ1) is 11.5. The molecular weight excluding hydrogens is 230 g/mol. The molecule has 1 saturated carbocycles. The van der Waals surface area contributed by atoms with Crippen LogP contribution in [0.15, 0.2) is 18.2 Å². The van der Waals surface area contributed by atoms with E-state index in [9.17, 15) is 9.90 Å². The lowest BCUT2D eigenvalue weighted by Crippen LogP contribution is -2.42. The van der Waals surface area contributed by atoms with Gasteiger partial charge in [-0.3, -0.25) is 4.79 Å². The number of anilines is 1. The maximum absolute atomic E-state index is 11.9. The lowest BCUT2D eigenvalue weighted by molar-refractivity contribution is -0.117. The van der Waals surface area contributed by atoms with E-state index >= 15 is 0 Å². The molecule has 1 amide bonds. The van der Waals surface area contributed by atoms with Crippen LogP contribution in [0.5, 0.6) is 5.75 Å². The van der Waals surface area contributed by atoms with Gasteiger partial charge in [-0.15, -0.1) is 0 Å². The second-order valence-corrected chi connectivity index (χ2v) is 5.03. The number of nitrogens with zero attached hydrogens (tertiary/aromatic N) is 1. The molecule has 2 aliphatic rings. The molecule has 1 heterocycles. The van der Waals surface area contributed by atoms with Crippen molar-refractivity contribution in [2.45, 2.75) is 37.8 Å².